The van der Waals surface area contributed by atoms with Crippen molar-refractivity contribution in [2.45, 2.75) is 57.4 Å². The molecule has 1 amide bonds. The first-order valence-electron chi connectivity index (χ1n) is 6.74. The number of nitriles is 1. The van der Waals surface area contributed by atoms with Crippen LogP contribution in [-0.4, -0.2) is 33.4 Å². The van der Waals surface area contributed by atoms with Crippen molar-refractivity contribution in [3.8, 4) is 6.07 Å². The van der Waals surface area contributed by atoms with E-state index in [-0.39, 0.29) is 36.1 Å². The number of hydrogen-bond donors (Lipinski definition) is 1. The lowest BCUT2D eigenvalue weighted by Gasteiger charge is -2.46. The molecule has 108 valence electrons. The number of hydrogen-bond acceptors (Lipinski definition) is 4. The molecule has 6 nitrogen and oxygen atoms in total. The highest BCUT2D eigenvalue weighted by atomic mass is 16.5. The Hall–Kier alpha value is -1.87. The Morgan fingerprint density at radius 2 is 2.35 bits per heavy atom. The zero-order chi connectivity index (χ0) is 14.8. The Morgan fingerprint density at radius 3 is 2.90 bits per heavy atom. The van der Waals surface area contributed by atoms with Gasteiger partial charge < -0.3 is 10.1 Å². The average molecular weight is 276 g/mol. The summed E-state index contributed by atoms with van der Waals surface area (Å²) >= 11 is 0. The Balaban J connectivity index is 2.05. The summed E-state index contributed by atoms with van der Waals surface area (Å²) in [5, 5.41) is 15.7. The molecule has 1 aliphatic carbocycles. The molecular weight excluding hydrogens is 256 g/mol. The molecule has 0 saturated heterocycles. The number of aromatic nitrogens is 2. The molecule has 6 heteroatoms. The van der Waals surface area contributed by atoms with Crippen LogP contribution in [-0.2, 0) is 9.53 Å². The van der Waals surface area contributed by atoms with Crippen LogP contribution in [0.3, 0.4) is 0 Å². The molecule has 0 spiro atoms. The summed E-state index contributed by atoms with van der Waals surface area (Å²) in [4.78, 5) is 11.5. The highest BCUT2D eigenvalue weighted by molar-refractivity contribution is 5.78. The zero-order valence-corrected chi connectivity index (χ0v) is 12.0. The lowest BCUT2D eigenvalue weighted by Crippen LogP contribution is -2.58. The van der Waals surface area contributed by atoms with Crippen LogP contribution in [0.2, 0.25) is 0 Å². The monoisotopic (exact) mass is 276 g/mol. The Kier molecular flexibility index (Phi) is 4.09. The summed E-state index contributed by atoms with van der Waals surface area (Å²) in [6, 6.07) is 3.64. The van der Waals surface area contributed by atoms with E-state index in [1.54, 1.807) is 6.20 Å². The maximum Gasteiger partial charge on any atom is 0.234 e. The standard InChI is InChI=1S/C14H20N4O2/c1-14(2,3)20-11-9-10(17-12(19)5-6-15)13(11)18-8-4-7-16-18/h4,7-8,10-11,13H,5,9H2,1-3H3,(H,17,19). The minimum Gasteiger partial charge on any atom is -0.370 e. The van der Waals surface area contributed by atoms with Gasteiger partial charge in [-0.05, 0) is 33.3 Å². The van der Waals surface area contributed by atoms with Crippen LogP contribution in [0.5, 0.6) is 0 Å². The molecular formula is C14H20N4O2. The summed E-state index contributed by atoms with van der Waals surface area (Å²) in [6.07, 6.45) is 4.21. The Labute approximate surface area is 118 Å². The molecule has 1 fully saturated rings. The van der Waals surface area contributed by atoms with Gasteiger partial charge in [0.2, 0.25) is 5.91 Å². The van der Waals surface area contributed by atoms with Gasteiger partial charge >= 0.3 is 0 Å². The van der Waals surface area contributed by atoms with Crippen LogP contribution >= 0.6 is 0 Å². The molecule has 0 radical (unpaired) electrons. The fourth-order valence-corrected chi connectivity index (χ4v) is 2.45. The van der Waals surface area contributed by atoms with E-state index in [0.29, 0.717) is 0 Å². The van der Waals surface area contributed by atoms with Gasteiger partial charge in [0, 0.05) is 12.4 Å². The van der Waals surface area contributed by atoms with Crippen LogP contribution in [0.1, 0.15) is 39.7 Å². The molecule has 3 unspecified atom stereocenters. The molecule has 0 aliphatic heterocycles. The minimum atomic E-state index is -0.246. The minimum absolute atomic E-state index is 0.0160. The predicted octanol–water partition coefficient (Wildman–Crippen LogP) is 1.41. The maximum absolute atomic E-state index is 11.5. The second-order valence-electron chi connectivity index (χ2n) is 5.99. The number of amides is 1. The number of carbonyl (C=O) groups is 1. The lowest BCUT2D eigenvalue weighted by atomic mass is 9.82. The van der Waals surface area contributed by atoms with E-state index < -0.39 is 0 Å². The van der Waals surface area contributed by atoms with E-state index in [2.05, 4.69) is 10.4 Å². The third-order valence-electron chi connectivity index (χ3n) is 3.20. The third kappa shape index (κ3) is 3.36. The van der Waals surface area contributed by atoms with Gasteiger partial charge in [0.15, 0.2) is 0 Å². The quantitative estimate of drug-likeness (QED) is 0.901. The van der Waals surface area contributed by atoms with Gasteiger partial charge in [-0.15, -0.1) is 0 Å². The molecule has 20 heavy (non-hydrogen) atoms. The van der Waals surface area contributed by atoms with Gasteiger partial charge in [-0.25, -0.2) is 0 Å². The van der Waals surface area contributed by atoms with Gasteiger partial charge in [-0.1, -0.05) is 0 Å². The fraction of sp³-hybridized carbons (Fsp3) is 0.643. The molecule has 2 rings (SSSR count). The summed E-state index contributed by atoms with van der Waals surface area (Å²) in [6.45, 7) is 6.03. The van der Waals surface area contributed by atoms with Crippen molar-refractivity contribution in [3.63, 3.8) is 0 Å². The molecule has 1 N–H and O–H groups in total. The number of nitrogens with one attached hydrogen (secondary N) is 1. The molecule has 0 aromatic carbocycles. The highest BCUT2D eigenvalue weighted by Crippen LogP contribution is 2.37. The molecule has 1 saturated carbocycles. The topological polar surface area (TPSA) is 79.9 Å². The molecule has 1 aliphatic rings. The number of nitrogens with zero attached hydrogens (tertiary/aromatic N) is 3. The Morgan fingerprint density at radius 1 is 1.60 bits per heavy atom. The summed E-state index contributed by atoms with van der Waals surface area (Å²) in [7, 11) is 0. The van der Waals surface area contributed by atoms with Gasteiger partial charge in [0.05, 0.1) is 29.9 Å². The first kappa shape index (κ1) is 14.5. The van der Waals surface area contributed by atoms with Gasteiger partial charge in [-0.3, -0.25) is 9.48 Å². The molecule has 1 aromatic heterocycles. The molecule has 1 aromatic rings. The van der Waals surface area contributed by atoms with E-state index in [0.717, 1.165) is 6.42 Å². The van der Waals surface area contributed by atoms with Crippen LogP contribution in [0.15, 0.2) is 18.5 Å². The second kappa shape index (κ2) is 5.63. The van der Waals surface area contributed by atoms with E-state index in [9.17, 15) is 4.79 Å². The number of carbonyl (C=O) groups excluding carboxylic acids is 1. The van der Waals surface area contributed by atoms with E-state index >= 15 is 0 Å². The first-order valence-corrected chi connectivity index (χ1v) is 6.74. The fourth-order valence-electron chi connectivity index (χ4n) is 2.45. The van der Waals surface area contributed by atoms with Crippen molar-refractivity contribution in [3.05, 3.63) is 18.5 Å². The second-order valence-corrected chi connectivity index (χ2v) is 5.99. The molecule has 0 bridgehead atoms. The average Bonchev–Trinajstić information content (AvgIpc) is 2.79. The van der Waals surface area contributed by atoms with E-state index in [1.165, 1.54) is 0 Å². The third-order valence-corrected chi connectivity index (χ3v) is 3.20. The van der Waals surface area contributed by atoms with Crippen LogP contribution in [0.4, 0.5) is 0 Å². The SMILES string of the molecule is CC(C)(C)OC1CC(NC(=O)CC#N)C1n1cccn1. The van der Waals surface area contributed by atoms with Crippen LogP contribution < -0.4 is 5.32 Å². The first-order chi connectivity index (χ1) is 9.40. The van der Waals surface area contributed by atoms with Gasteiger partial charge in [-0.2, -0.15) is 10.4 Å². The zero-order valence-electron chi connectivity index (χ0n) is 12.0. The van der Waals surface area contributed by atoms with Crippen molar-refractivity contribution in [1.29, 1.82) is 5.26 Å². The van der Waals surface area contributed by atoms with Crippen LogP contribution in [0, 0.1) is 11.3 Å². The smallest absolute Gasteiger partial charge is 0.234 e. The van der Waals surface area contributed by atoms with E-state index in [1.807, 2.05) is 43.8 Å². The lowest BCUT2D eigenvalue weighted by molar-refractivity contribution is -0.142. The van der Waals surface area contributed by atoms with Crippen molar-refractivity contribution in [2.24, 2.45) is 0 Å². The molecule has 3 atom stereocenters. The largest absolute Gasteiger partial charge is 0.370 e. The van der Waals surface area contributed by atoms with Gasteiger partial charge in [0.1, 0.15) is 6.42 Å². The van der Waals surface area contributed by atoms with Crippen molar-refractivity contribution in [1.82, 2.24) is 15.1 Å². The number of ether oxygens (including phenoxy) is 1. The summed E-state index contributed by atoms with van der Waals surface area (Å²) in [5.74, 6) is -0.246. The van der Waals surface area contributed by atoms with Crippen LogP contribution in [0.25, 0.3) is 0 Å². The highest BCUT2D eigenvalue weighted by Gasteiger charge is 2.46. The normalized spacial score (nSPS) is 25.6. The predicted molar refractivity (Wildman–Crippen MR) is 72.7 cm³/mol. The maximum atomic E-state index is 11.5. The van der Waals surface area contributed by atoms with Crippen molar-refractivity contribution in [2.75, 3.05) is 0 Å². The summed E-state index contributed by atoms with van der Waals surface area (Å²) in [5.41, 5.74) is -0.238. The van der Waals surface area contributed by atoms with Gasteiger partial charge in [0.25, 0.3) is 0 Å². The summed E-state index contributed by atoms with van der Waals surface area (Å²) < 4.78 is 7.82. The molecule has 1 heterocycles. The van der Waals surface area contributed by atoms with Crippen molar-refractivity contribution < 1.29 is 9.53 Å². The number of rotatable bonds is 4. The van der Waals surface area contributed by atoms with E-state index in [4.69, 9.17) is 10.00 Å². The van der Waals surface area contributed by atoms with Crippen molar-refractivity contribution >= 4 is 5.91 Å². The Bertz CT molecular complexity index is 498.